The number of ether oxygens (including phenoxy) is 2. The van der Waals surface area contributed by atoms with Crippen molar-refractivity contribution in [2.24, 2.45) is 5.92 Å². The number of hydrogen-bond acceptors (Lipinski definition) is 4. The van der Waals surface area contributed by atoms with Crippen LogP contribution in [0.3, 0.4) is 0 Å². The molecule has 1 aliphatic heterocycles. The first-order valence-electron chi connectivity index (χ1n) is 13.0. The van der Waals surface area contributed by atoms with Crippen LogP contribution in [0.4, 0.5) is 0 Å². The first-order valence-corrected chi connectivity index (χ1v) is 14.9. The van der Waals surface area contributed by atoms with Crippen LogP contribution in [-0.2, 0) is 13.9 Å². The molecule has 0 amide bonds. The largest absolute Gasteiger partial charge is 0.407 e. The van der Waals surface area contributed by atoms with E-state index in [9.17, 15) is 5.11 Å². The fraction of sp³-hybridized carbons (Fsp3) is 0.533. The Morgan fingerprint density at radius 2 is 1.63 bits per heavy atom. The summed E-state index contributed by atoms with van der Waals surface area (Å²) in [5, 5.41) is 13.2. The van der Waals surface area contributed by atoms with Crippen molar-refractivity contribution in [3.8, 4) is 11.8 Å². The molecule has 0 radical (unpaired) electrons. The van der Waals surface area contributed by atoms with Crippen molar-refractivity contribution in [2.75, 3.05) is 19.8 Å². The molecular weight excluding hydrogens is 452 g/mol. The van der Waals surface area contributed by atoms with E-state index in [1.54, 1.807) is 0 Å². The van der Waals surface area contributed by atoms with Crippen molar-refractivity contribution in [3.63, 3.8) is 0 Å². The Morgan fingerprint density at radius 1 is 1.00 bits per heavy atom. The number of rotatable bonds is 10. The molecule has 0 aliphatic carbocycles. The minimum absolute atomic E-state index is 0.0505. The molecular formula is C30H42O4Si. The second-order valence-corrected chi connectivity index (χ2v) is 14.8. The van der Waals surface area contributed by atoms with E-state index in [2.05, 4.69) is 100 Å². The van der Waals surface area contributed by atoms with Crippen molar-refractivity contribution < 1.29 is 19.0 Å². The summed E-state index contributed by atoms with van der Waals surface area (Å²) in [5.74, 6) is 6.19. The second kappa shape index (κ2) is 13.4. The summed E-state index contributed by atoms with van der Waals surface area (Å²) in [6.45, 7) is 10.6. The Labute approximate surface area is 213 Å². The zero-order chi connectivity index (χ0) is 25.2. The highest BCUT2D eigenvalue weighted by Gasteiger charge is 2.50. The molecule has 1 aliphatic rings. The summed E-state index contributed by atoms with van der Waals surface area (Å²) in [6.07, 6.45) is 3.79. The van der Waals surface area contributed by atoms with E-state index in [4.69, 9.17) is 13.9 Å². The van der Waals surface area contributed by atoms with E-state index in [-0.39, 0.29) is 17.2 Å². The molecule has 1 N–H and O–H groups in total. The fourth-order valence-electron chi connectivity index (χ4n) is 4.76. The lowest BCUT2D eigenvalue weighted by molar-refractivity contribution is -0.154. The SMILES string of the molecule is C[C@@H](CCO[Si](c1ccccc1)(c1ccccc1)C(C)(C)C)[C@H](O)CC#CCOC1CCCCO1. The molecule has 2 aromatic rings. The van der Waals surface area contributed by atoms with E-state index in [1.165, 1.54) is 10.4 Å². The van der Waals surface area contributed by atoms with Crippen LogP contribution in [0.2, 0.25) is 5.04 Å². The lowest BCUT2D eigenvalue weighted by Gasteiger charge is -2.43. The van der Waals surface area contributed by atoms with Gasteiger partial charge < -0.3 is 19.0 Å². The van der Waals surface area contributed by atoms with Gasteiger partial charge in [0.1, 0.15) is 6.61 Å². The van der Waals surface area contributed by atoms with Gasteiger partial charge in [-0.1, -0.05) is 100 Å². The van der Waals surface area contributed by atoms with E-state index in [0.717, 1.165) is 32.3 Å². The quantitative estimate of drug-likeness (QED) is 0.378. The molecule has 5 heteroatoms. The Morgan fingerprint density at radius 3 is 2.17 bits per heavy atom. The van der Waals surface area contributed by atoms with Gasteiger partial charge in [0.05, 0.1) is 6.10 Å². The molecule has 1 unspecified atom stereocenters. The maximum Gasteiger partial charge on any atom is 0.261 e. The number of benzene rings is 2. The minimum Gasteiger partial charge on any atom is -0.407 e. The Balaban J connectivity index is 1.59. The third-order valence-corrected chi connectivity index (χ3v) is 11.9. The average Bonchev–Trinajstić information content (AvgIpc) is 2.87. The normalized spacial score (nSPS) is 18.4. The molecule has 3 rings (SSSR count). The number of aliphatic hydroxyl groups excluding tert-OH is 1. The number of aliphatic hydroxyl groups is 1. The van der Waals surface area contributed by atoms with E-state index < -0.39 is 14.4 Å². The predicted molar refractivity (Wildman–Crippen MR) is 145 cm³/mol. The molecule has 0 aromatic heterocycles. The molecule has 1 saturated heterocycles. The molecule has 0 bridgehead atoms. The predicted octanol–water partition coefficient (Wildman–Crippen LogP) is 4.89. The average molecular weight is 495 g/mol. The van der Waals surface area contributed by atoms with Gasteiger partial charge in [-0.2, -0.15) is 0 Å². The molecule has 2 aromatic carbocycles. The lowest BCUT2D eigenvalue weighted by atomic mass is 9.99. The second-order valence-electron chi connectivity index (χ2n) is 10.5. The van der Waals surface area contributed by atoms with Crippen molar-refractivity contribution >= 4 is 18.7 Å². The van der Waals surface area contributed by atoms with Gasteiger partial charge in [-0.15, -0.1) is 0 Å². The molecule has 3 atom stereocenters. The van der Waals surface area contributed by atoms with Gasteiger partial charge in [0.2, 0.25) is 0 Å². The smallest absolute Gasteiger partial charge is 0.261 e. The first-order chi connectivity index (χ1) is 16.8. The van der Waals surface area contributed by atoms with Crippen LogP contribution in [0.15, 0.2) is 60.7 Å². The maximum atomic E-state index is 10.7. The van der Waals surface area contributed by atoms with Crippen LogP contribution in [0.25, 0.3) is 0 Å². The van der Waals surface area contributed by atoms with Gasteiger partial charge in [-0.05, 0) is 47.0 Å². The van der Waals surface area contributed by atoms with Gasteiger partial charge in [0, 0.05) is 19.6 Å². The first kappa shape index (κ1) is 27.6. The highest BCUT2D eigenvalue weighted by atomic mass is 28.4. The van der Waals surface area contributed by atoms with Crippen LogP contribution in [-0.4, -0.2) is 45.6 Å². The Bertz CT molecular complexity index is 884. The van der Waals surface area contributed by atoms with Crippen LogP contribution in [0, 0.1) is 17.8 Å². The highest BCUT2D eigenvalue weighted by molar-refractivity contribution is 6.99. The zero-order valence-corrected chi connectivity index (χ0v) is 22.8. The summed E-state index contributed by atoms with van der Waals surface area (Å²) in [7, 11) is -2.54. The van der Waals surface area contributed by atoms with Crippen molar-refractivity contribution in [1.29, 1.82) is 0 Å². The lowest BCUT2D eigenvalue weighted by Crippen LogP contribution is -2.66. The van der Waals surface area contributed by atoms with Gasteiger partial charge in [0.25, 0.3) is 8.32 Å². The molecule has 0 spiro atoms. The standard InChI is InChI=1S/C30H42O4Si/c1-25(28(31)19-11-13-22-32-29-20-12-14-23-33-29)21-24-34-35(30(2,3)4,26-15-7-5-8-16-26)27-17-9-6-10-18-27/h5-10,15-18,25,28-29,31H,12,14,19-24H2,1-4H3/t25-,28+,29?/m0/s1. The topological polar surface area (TPSA) is 47.9 Å². The monoisotopic (exact) mass is 494 g/mol. The van der Waals surface area contributed by atoms with Crippen LogP contribution in [0.1, 0.15) is 59.8 Å². The van der Waals surface area contributed by atoms with E-state index >= 15 is 0 Å². The molecule has 35 heavy (non-hydrogen) atoms. The van der Waals surface area contributed by atoms with Crippen LogP contribution < -0.4 is 10.4 Å². The van der Waals surface area contributed by atoms with Gasteiger partial charge >= 0.3 is 0 Å². The van der Waals surface area contributed by atoms with Gasteiger partial charge in [-0.3, -0.25) is 0 Å². The van der Waals surface area contributed by atoms with Crippen LogP contribution >= 0.6 is 0 Å². The molecule has 1 fully saturated rings. The zero-order valence-electron chi connectivity index (χ0n) is 21.8. The summed E-state index contributed by atoms with van der Waals surface area (Å²) in [5.41, 5.74) is 0. The van der Waals surface area contributed by atoms with Crippen LogP contribution in [0.5, 0.6) is 0 Å². The van der Waals surface area contributed by atoms with Crippen molar-refractivity contribution in [1.82, 2.24) is 0 Å². The van der Waals surface area contributed by atoms with Gasteiger partial charge in [-0.25, -0.2) is 0 Å². The Hall–Kier alpha value is -1.94. The molecule has 190 valence electrons. The number of hydrogen-bond donors (Lipinski definition) is 1. The van der Waals surface area contributed by atoms with Gasteiger partial charge in [0.15, 0.2) is 6.29 Å². The Kier molecular flexibility index (Phi) is 10.6. The maximum absolute atomic E-state index is 10.7. The van der Waals surface area contributed by atoms with Crippen molar-refractivity contribution in [2.45, 2.75) is 77.2 Å². The molecule has 0 saturated carbocycles. The third kappa shape index (κ3) is 7.52. The van der Waals surface area contributed by atoms with E-state index in [0.29, 0.717) is 19.6 Å². The minimum atomic E-state index is -2.54. The summed E-state index contributed by atoms with van der Waals surface area (Å²) in [4.78, 5) is 0. The summed E-state index contributed by atoms with van der Waals surface area (Å²) in [6, 6.07) is 21.4. The molecule has 4 nitrogen and oxygen atoms in total. The van der Waals surface area contributed by atoms with E-state index in [1.807, 2.05) is 0 Å². The summed E-state index contributed by atoms with van der Waals surface area (Å²) >= 11 is 0. The third-order valence-electron chi connectivity index (χ3n) is 6.88. The summed E-state index contributed by atoms with van der Waals surface area (Å²) < 4.78 is 18.2. The highest BCUT2D eigenvalue weighted by Crippen LogP contribution is 2.37. The fourth-order valence-corrected chi connectivity index (χ4v) is 9.34. The van der Waals surface area contributed by atoms with Crippen molar-refractivity contribution in [3.05, 3.63) is 60.7 Å². The molecule has 1 heterocycles.